The second-order valence-electron chi connectivity index (χ2n) is 4.59. The number of para-hydroxylation sites is 1. The molecule has 96 valence electrons. The molecule has 2 aromatic rings. The van der Waals surface area contributed by atoms with Gasteiger partial charge in [-0.2, -0.15) is 0 Å². The van der Waals surface area contributed by atoms with E-state index in [1.54, 1.807) is 0 Å². The Hall–Kier alpha value is -1.81. The van der Waals surface area contributed by atoms with Gasteiger partial charge in [0, 0.05) is 22.5 Å². The van der Waals surface area contributed by atoms with Crippen molar-refractivity contribution in [3.8, 4) is 0 Å². The summed E-state index contributed by atoms with van der Waals surface area (Å²) in [6.07, 6.45) is 0.705. The number of rotatable bonds is 4. The zero-order valence-corrected chi connectivity index (χ0v) is 10.6. The van der Waals surface area contributed by atoms with E-state index in [2.05, 4.69) is 4.98 Å². The number of hydrogen-bond donors (Lipinski definition) is 3. The molecule has 2 rings (SSSR count). The molecule has 2 atom stereocenters. The first kappa shape index (κ1) is 12.6. The number of nitrogens with one attached hydrogen (secondary N) is 1. The number of carboxylic acids is 1. The minimum atomic E-state index is -0.952. The third-order valence-corrected chi connectivity index (χ3v) is 3.47. The summed E-state index contributed by atoms with van der Waals surface area (Å²) in [7, 11) is 0. The Labute approximate surface area is 106 Å². The van der Waals surface area contributed by atoms with Crippen LogP contribution < -0.4 is 5.73 Å². The molecule has 0 aliphatic rings. The zero-order chi connectivity index (χ0) is 13.3. The van der Waals surface area contributed by atoms with E-state index in [0.29, 0.717) is 6.42 Å². The molecule has 0 spiro atoms. The zero-order valence-electron chi connectivity index (χ0n) is 10.6. The van der Waals surface area contributed by atoms with Crippen LogP contribution in [-0.2, 0) is 4.79 Å². The van der Waals surface area contributed by atoms with Crippen molar-refractivity contribution in [3.63, 3.8) is 0 Å². The Morgan fingerprint density at radius 2 is 2.11 bits per heavy atom. The molecule has 0 aliphatic carbocycles. The van der Waals surface area contributed by atoms with Crippen LogP contribution in [0.4, 0.5) is 0 Å². The van der Waals surface area contributed by atoms with Crippen LogP contribution in [0.15, 0.2) is 24.3 Å². The van der Waals surface area contributed by atoms with Crippen LogP contribution in [0.25, 0.3) is 10.9 Å². The first-order chi connectivity index (χ1) is 8.56. The molecular formula is C14H18N2O2. The van der Waals surface area contributed by atoms with Crippen LogP contribution in [0, 0.1) is 6.92 Å². The summed E-state index contributed by atoms with van der Waals surface area (Å²) >= 11 is 0. The summed E-state index contributed by atoms with van der Waals surface area (Å²) in [5.74, 6) is -1.12. The first-order valence-electron chi connectivity index (χ1n) is 6.11. The van der Waals surface area contributed by atoms with Crippen molar-refractivity contribution in [2.75, 3.05) is 0 Å². The van der Waals surface area contributed by atoms with Gasteiger partial charge >= 0.3 is 5.97 Å². The van der Waals surface area contributed by atoms with Crippen molar-refractivity contribution < 1.29 is 9.90 Å². The number of hydrogen-bond acceptors (Lipinski definition) is 2. The molecule has 4 nitrogen and oxygen atoms in total. The minimum Gasteiger partial charge on any atom is -0.480 e. The fraction of sp³-hybridized carbons (Fsp3) is 0.357. The molecule has 0 aliphatic heterocycles. The molecule has 0 bridgehead atoms. The van der Waals surface area contributed by atoms with Gasteiger partial charge in [-0.25, -0.2) is 0 Å². The van der Waals surface area contributed by atoms with Gasteiger partial charge in [0.1, 0.15) is 6.04 Å². The lowest BCUT2D eigenvalue weighted by Gasteiger charge is -2.19. The second-order valence-corrected chi connectivity index (χ2v) is 4.59. The average Bonchev–Trinajstić information content (AvgIpc) is 2.67. The van der Waals surface area contributed by atoms with Crippen LogP contribution in [0.1, 0.15) is 30.5 Å². The number of carbonyl (C=O) groups is 1. The molecule has 4 N–H and O–H groups in total. The van der Waals surface area contributed by atoms with Crippen molar-refractivity contribution in [2.24, 2.45) is 5.73 Å². The number of aryl methyl sites for hydroxylation is 1. The number of fused-ring (bicyclic) bond motifs is 1. The van der Waals surface area contributed by atoms with E-state index in [1.807, 2.05) is 38.1 Å². The van der Waals surface area contributed by atoms with E-state index in [0.717, 1.165) is 22.2 Å². The van der Waals surface area contributed by atoms with Crippen molar-refractivity contribution >= 4 is 16.9 Å². The van der Waals surface area contributed by atoms with Crippen molar-refractivity contribution in [2.45, 2.75) is 32.2 Å². The molecule has 1 aromatic heterocycles. The first-order valence-corrected chi connectivity index (χ1v) is 6.11. The molecule has 0 saturated heterocycles. The summed E-state index contributed by atoms with van der Waals surface area (Å²) in [4.78, 5) is 14.4. The summed E-state index contributed by atoms with van der Waals surface area (Å²) in [6.45, 7) is 3.93. The number of aliphatic carboxylic acids is 1. The summed E-state index contributed by atoms with van der Waals surface area (Å²) in [6, 6.07) is 7.04. The van der Waals surface area contributed by atoms with Crippen molar-refractivity contribution in [3.05, 3.63) is 35.5 Å². The van der Waals surface area contributed by atoms with Crippen molar-refractivity contribution in [1.29, 1.82) is 0 Å². The molecular weight excluding hydrogens is 228 g/mol. The summed E-state index contributed by atoms with van der Waals surface area (Å²) in [5.41, 5.74) is 8.87. The Kier molecular flexibility index (Phi) is 3.39. The van der Waals surface area contributed by atoms with Gasteiger partial charge < -0.3 is 15.8 Å². The molecule has 1 aromatic carbocycles. The highest BCUT2D eigenvalue weighted by Gasteiger charge is 2.27. The van der Waals surface area contributed by atoms with Gasteiger partial charge in [0.05, 0.1) is 0 Å². The monoisotopic (exact) mass is 246 g/mol. The summed E-state index contributed by atoms with van der Waals surface area (Å²) in [5, 5.41) is 10.2. The maximum absolute atomic E-state index is 11.1. The third kappa shape index (κ3) is 1.99. The lowest BCUT2D eigenvalue weighted by atomic mass is 9.87. The van der Waals surface area contributed by atoms with E-state index < -0.39 is 12.0 Å². The largest absolute Gasteiger partial charge is 0.480 e. The number of H-pyrrole nitrogens is 1. The molecule has 1 heterocycles. The molecule has 0 unspecified atom stereocenters. The highest BCUT2D eigenvalue weighted by molar-refractivity contribution is 5.86. The fourth-order valence-corrected chi connectivity index (χ4v) is 2.59. The number of aromatic amines is 1. The van der Waals surface area contributed by atoms with Gasteiger partial charge in [-0.3, -0.25) is 4.79 Å². The number of aromatic nitrogens is 1. The maximum Gasteiger partial charge on any atom is 0.321 e. The van der Waals surface area contributed by atoms with Crippen LogP contribution in [0.5, 0.6) is 0 Å². The van der Waals surface area contributed by atoms with Gasteiger partial charge in [-0.1, -0.05) is 25.1 Å². The van der Waals surface area contributed by atoms with Gasteiger partial charge in [0.15, 0.2) is 0 Å². The second kappa shape index (κ2) is 4.82. The lowest BCUT2D eigenvalue weighted by Crippen LogP contribution is -2.36. The van der Waals surface area contributed by atoms with Crippen LogP contribution in [0.2, 0.25) is 0 Å². The number of benzene rings is 1. The molecule has 0 saturated carbocycles. The SMILES string of the molecule is CC[C@@H](c1c(C)[nH]c2ccccc12)[C@H](N)C(=O)O. The predicted molar refractivity (Wildman–Crippen MR) is 71.7 cm³/mol. The average molecular weight is 246 g/mol. The smallest absolute Gasteiger partial charge is 0.321 e. The highest BCUT2D eigenvalue weighted by Crippen LogP contribution is 2.32. The molecule has 0 amide bonds. The lowest BCUT2D eigenvalue weighted by molar-refractivity contribution is -0.139. The van der Waals surface area contributed by atoms with Gasteiger partial charge in [-0.05, 0) is 25.0 Å². The maximum atomic E-state index is 11.1. The minimum absolute atomic E-state index is 0.168. The molecule has 0 radical (unpaired) electrons. The standard InChI is InChI=1S/C14H18N2O2/c1-3-9(13(15)14(17)18)12-8(2)16-11-7-5-4-6-10(11)12/h4-7,9,13,16H,3,15H2,1-2H3,(H,17,18)/t9-,13-/m0/s1. The predicted octanol–water partition coefficient (Wildman–Crippen LogP) is 2.38. The van der Waals surface area contributed by atoms with Gasteiger partial charge in [-0.15, -0.1) is 0 Å². The van der Waals surface area contributed by atoms with E-state index >= 15 is 0 Å². The van der Waals surface area contributed by atoms with Crippen molar-refractivity contribution in [1.82, 2.24) is 4.98 Å². The van der Waals surface area contributed by atoms with E-state index in [9.17, 15) is 4.79 Å². The van der Waals surface area contributed by atoms with E-state index in [1.165, 1.54) is 0 Å². The van der Waals surface area contributed by atoms with Crippen LogP contribution >= 0.6 is 0 Å². The number of nitrogens with two attached hydrogens (primary N) is 1. The topological polar surface area (TPSA) is 79.1 Å². The summed E-state index contributed by atoms with van der Waals surface area (Å²) < 4.78 is 0. The molecule has 18 heavy (non-hydrogen) atoms. The Balaban J connectivity index is 2.57. The van der Waals surface area contributed by atoms with E-state index in [4.69, 9.17) is 10.8 Å². The quantitative estimate of drug-likeness (QED) is 0.775. The van der Waals surface area contributed by atoms with E-state index in [-0.39, 0.29) is 5.92 Å². The molecule has 4 heteroatoms. The van der Waals surface area contributed by atoms with Crippen LogP contribution in [0.3, 0.4) is 0 Å². The Morgan fingerprint density at radius 1 is 1.44 bits per heavy atom. The number of carboxylic acid groups (broad SMARTS) is 1. The van der Waals surface area contributed by atoms with Gasteiger partial charge in [0.2, 0.25) is 0 Å². The highest BCUT2D eigenvalue weighted by atomic mass is 16.4. The third-order valence-electron chi connectivity index (χ3n) is 3.47. The Morgan fingerprint density at radius 3 is 2.72 bits per heavy atom. The Bertz CT molecular complexity index is 574. The van der Waals surface area contributed by atoms with Crippen LogP contribution in [-0.4, -0.2) is 22.1 Å². The fourth-order valence-electron chi connectivity index (χ4n) is 2.59. The normalized spacial score (nSPS) is 14.6. The van der Waals surface area contributed by atoms with Gasteiger partial charge in [0.25, 0.3) is 0 Å². The molecule has 0 fully saturated rings.